The van der Waals surface area contributed by atoms with Gasteiger partial charge in [-0.1, -0.05) is 42.5 Å². The lowest BCUT2D eigenvalue weighted by Crippen LogP contribution is -2.53. The van der Waals surface area contributed by atoms with Crippen LogP contribution >= 0.6 is 0 Å². The van der Waals surface area contributed by atoms with Gasteiger partial charge in [0.15, 0.2) is 0 Å². The molecule has 3 fully saturated rings. The van der Waals surface area contributed by atoms with E-state index in [1.807, 2.05) is 18.6 Å². The van der Waals surface area contributed by atoms with Crippen molar-refractivity contribution < 1.29 is 9.47 Å². The lowest BCUT2D eigenvalue weighted by molar-refractivity contribution is 0.116. The number of nitrogens with two attached hydrogens (primary N) is 3. The number of pyridine rings is 3. The lowest BCUT2D eigenvalue weighted by atomic mass is 9.76. The second-order valence-electron chi connectivity index (χ2n) is 31.8. The third kappa shape index (κ3) is 13.9. The van der Waals surface area contributed by atoms with Gasteiger partial charge in [0.1, 0.15) is 0 Å². The fourth-order valence-corrected chi connectivity index (χ4v) is 19.4. The van der Waals surface area contributed by atoms with Crippen LogP contribution in [0.2, 0.25) is 0 Å². The number of aromatic nitrogens is 3. The first kappa shape index (κ1) is 66.9. The summed E-state index contributed by atoms with van der Waals surface area (Å²) in [5, 5.41) is 12.2. The quantitative estimate of drug-likeness (QED) is 0.0477. The van der Waals surface area contributed by atoms with Crippen LogP contribution in [-0.2, 0) is 54.8 Å². The molecule has 3 aromatic carbocycles. The van der Waals surface area contributed by atoms with Crippen molar-refractivity contribution in [2.75, 3.05) is 122 Å². The molecule has 17 heteroatoms. The fraction of sp³-hybridized carbons (Fsp3) is 0.588. The molecule has 97 heavy (non-hydrogen) atoms. The number of hydrogen-bond acceptors (Lipinski definition) is 17. The number of anilines is 3. The van der Waals surface area contributed by atoms with Crippen LogP contribution < -0.4 is 47.9 Å². The summed E-state index contributed by atoms with van der Waals surface area (Å²) < 4.78 is 11.2. The van der Waals surface area contributed by atoms with Gasteiger partial charge in [0, 0.05) is 175 Å². The molecule has 3 aliphatic carbocycles. The van der Waals surface area contributed by atoms with E-state index in [4.69, 9.17) is 41.6 Å². The van der Waals surface area contributed by atoms with Crippen molar-refractivity contribution in [2.45, 2.75) is 194 Å². The highest BCUT2D eigenvalue weighted by Crippen LogP contribution is 2.48. The molecule has 9 N–H and O–H groups in total. The summed E-state index contributed by atoms with van der Waals surface area (Å²) in [6.45, 7) is 14.6. The second kappa shape index (κ2) is 28.2. The SMILES string of the molecule is COCC1(N)CCN(c2cc(C3CC[C@H](N(C)C[C@@H]4Cc5c(cccc5N5CCC(N)(COC)CC5)CN4)c4ncccc43)cc3c2C[C@H](CN(C)[C@H]2CCC(c4cc5c(c(N6CCC(C)(N)CC6)c4)C[C@H](CN(C)[C@H]4CCCc6cccnc64)NC5)c4cccnc42)NC3)CC1. The number of aryl methyl sites for hydroxylation is 1. The number of piperidine rings is 3. The monoisotopic (exact) mass is 1310 g/mol. The van der Waals surface area contributed by atoms with Gasteiger partial charge in [0.05, 0.1) is 48.4 Å². The molecule has 2 unspecified atom stereocenters. The van der Waals surface area contributed by atoms with Gasteiger partial charge in [0.25, 0.3) is 0 Å². The molecule has 0 bridgehead atoms. The minimum absolute atomic E-state index is 0.128. The number of nitrogens with zero attached hydrogens (tertiary/aromatic N) is 9. The van der Waals surface area contributed by atoms with Gasteiger partial charge < -0.3 is 57.3 Å². The highest BCUT2D eigenvalue weighted by atomic mass is 16.5. The summed E-state index contributed by atoms with van der Waals surface area (Å²) >= 11 is 0. The molecule has 15 rings (SSSR count). The Balaban J connectivity index is 0.649. The zero-order valence-electron chi connectivity index (χ0n) is 59.1. The van der Waals surface area contributed by atoms with Crippen LogP contribution in [0.25, 0.3) is 0 Å². The van der Waals surface area contributed by atoms with Gasteiger partial charge >= 0.3 is 0 Å². The average molecular weight is 1310 g/mol. The van der Waals surface area contributed by atoms with E-state index in [0.717, 1.165) is 168 Å². The van der Waals surface area contributed by atoms with E-state index < -0.39 is 0 Å². The molecule has 3 saturated heterocycles. The molecule has 3 aromatic heterocycles. The average Bonchev–Trinajstić information content (AvgIpc) is 0.772. The van der Waals surface area contributed by atoms with Crippen molar-refractivity contribution in [1.82, 2.24) is 45.6 Å². The Bertz CT molecular complexity index is 3740. The first-order chi connectivity index (χ1) is 47.1. The van der Waals surface area contributed by atoms with Crippen molar-refractivity contribution >= 4 is 17.1 Å². The number of benzene rings is 3. The minimum Gasteiger partial charge on any atom is -0.383 e. The topological polar surface area (TPSA) is 191 Å². The van der Waals surface area contributed by atoms with Crippen LogP contribution in [0.5, 0.6) is 0 Å². The maximum absolute atomic E-state index is 7.06. The molecule has 0 spiro atoms. The molecular formula is C80H111N15O2. The third-order valence-corrected chi connectivity index (χ3v) is 25.0. The Kier molecular flexibility index (Phi) is 19.5. The minimum atomic E-state index is -0.315. The summed E-state index contributed by atoms with van der Waals surface area (Å²) in [7, 11) is 10.6. The predicted molar refractivity (Wildman–Crippen MR) is 391 cm³/mol. The van der Waals surface area contributed by atoms with Crippen molar-refractivity contribution in [2.24, 2.45) is 17.2 Å². The van der Waals surface area contributed by atoms with E-state index in [9.17, 15) is 0 Å². The standard InChI is InChI=1S/C80H111N15O2/c1-78(81)23-32-94(33-24-78)73-40-55(38-57-46-88-60(43-67(57)73)48-90(2)70-18-7-12-53-14-9-29-84-75(53)70)62-19-22-72(77-64(62)15-10-31-86-77)92(4)50-61-44-68-58(47-89-61)39-56(41-74(68)95-36-27-80(83,28-37-95)52-97-6)63-20-21-71(76-65(63)16-11-30-85-76)91(3)49-59-42-66-54(45-87-59)13-8-17-69(66)93-34-25-79(82,26-35-93)51-96-5/h8-11,13-17,29-31,38-41,59-63,70-72,87-89H,7,12,18-28,32-37,42-52,81-83H2,1-6H3/t59-,60+,61+,62?,63?,70-,71-,72-/m0/s1. The van der Waals surface area contributed by atoms with Gasteiger partial charge in [0.2, 0.25) is 0 Å². The summed E-state index contributed by atoms with van der Waals surface area (Å²) in [6, 6.07) is 32.5. The molecule has 8 atom stereocenters. The number of fused-ring (bicyclic) bond motifs is 6. The molecular weight excluding hydrogens is 1200 g/mol. The van der Waals surface area contributed by atoms with Crippen LogP contribution in [0.3, 0.4) is 0 Å². The number of ether oxygens (including phenoxy) is 2. The first-order valence-electron chi connectivity index (χ1n) is 37.2. The van der Waals surface area contributed by atoms with Crippen LogP contribution in [0, 0.1) is 0 Å². The van der Waals surface area contributed by atoms with E-state index in [1.54, 1.807) is 14.2 Å². The van der Waals surface area contributed by atoms with Crippen LogP contribution in [0.1, 0.15) is 192 Å². The summed E-state index contributed by atoms with van der Waals surface area (Å²) in [5.74, 6) is 0.525. The van der Waals surface area contributed by atoms with Gasteiger partial charge in [-0.05, 0) is 228 Å². The van der Waals surface area contributed by atoms with E-state index >= 15 is 0 Å². The van der Waals surface area contributed by atoms with Gasteiger partial charge in [-0.2, -0.15) is 0 Å². The molecule has 0 radical (unpaired) electrons. The van der Waals surface area contributed by atoms with Crippen molar-refractivity contribution in [3.05, 3.63) is 176 Å². The molecule has 17 nitrogen and oxygen atoms in total. The Morgan fingerprint density at radius 2 is 0.887 bits per heavy atom. The Hall–Kier alpha value is -5.93. The van der Waals surface area contributed by atoms with Crippen LogP contribution in [0.4, 0.5) is 17.1 Å². The molecule has 9 heterocycles. The normalized spacial score (nSPS) is 26.6. The van der Waals surface area contributed by atoms with Crippen molar-refractivity contribution in [3.63, 3.8) is 0 Å². The molecule has 6 aliphatic heterocycles. The van der Waals surface area contributed by atoms with Crippen LogP contribution in [-0.4, -0.2) is 172 Å². The van der Waals surface area contributed by atoms with Crippen LogP contribution in [0.15, 0.2) is 97.5 Å². The summed E-state index contributed by atoms with van der Waals surface area (Å²) in [4.78, 5) is 31.3. The molecule has 0 amide bonds. The van der Waals surface area contributed by atoms with E-state index in [-0.39, 0.29) is 46.6 Å². The van der Waals surface area contributed by atoms with E-state index in [0.29, 0.717) is 31.3 Å². The Labute approximate surface area is 578 Å². The second-order valence-corrected chi connectivity index (χ2v) is 31.8. The number of rotatable bonds is 18. The first-order valence-corrected chi connectivity index (χ1v) is 37.2. The van der Waals surface area contributed by atoms with E-state index in [1.165, 1.54) is 108 Å². The maximum Gasteiger partial charge on any atom is 0.0643 e. The predicted octanol–water partition coefficient (Wildman–Crippen LogP) is 9.33. The van der Waals surface area contributed by atoms with Gasteiger partial charge in [-0.25, -0.2) is 0 Å². The van der Waals surface area contributed by atoms with Gasteiger partial charge in [-0.15, -0.1) is 0 Å². The maximum atomic E-state index is 7.06. The number of likely N-dealkylation sites (N-methyl/N-ethyl adjacent to an activating group) is 3. The number of nitrogens with one attached hydrogen (secondary N) is 3. The van der Waals surface area contributed by atoms with Crippen molar-refractivity contribution in [3.8, 4) is 0 Å². The molecule has 6 aromatic rings. The number of methoxy groups -OCH3 is 2. The summed E-state index contributed by atoms with van der Waals surface area (Å²) in [6.07, 6.45) is 22.5. The lowest BCUT2D eigenvalue weighted by Gasteiger charge is -2.43. The zero-order chi connectivity index (χ0) is 66.6. The number of hydrogen-bond donors (Lipinski definition) is 6. The highest BCUT2D eigenvalue weighted by Gasteiger charge is 2.41. The smallest absolute Gasteiger partial charge is 0.0643 e. The zero-order valence-corrected chi connectivity index (χ0v) is 59.1. The molecule has 9 aliphatic rings. The highest BCUT2D eigenvalue weighted by molar-refractivity contribution is 5.64. The van der Waals surface area contributed by atoms with Crippen molar-refractivity contribution in [1.29, 1.82) is 0 Å². The molecule has 518 valence electrons. The van der Waals surface area contributed by atoms with E-state index in [2.05, 4.69) is 152 Å². The Morgan fingerprint density at radius 1 is 0.474 bits per heavy atom. The fourth-order valence-electron chi connectivity index (χ4n) is 19.4. The Morgan fingerprint density at radius 3 is 1.37 bits per heavy atom. The largest absolute Gasteiger partial charge is 0.383 e. The molecule has 0 saturated carbocycles. The van der Waals surface area contributed by atoms with Gasteiger partial charge in [-0.3, -0.25) is 29.7 Å². The third-order valence-electron chi connectivity index (χ3n) is 25.0. The summed E-state index contributed by atoms with van der Waals surface area (Å²) in [5.41, 5.74) is 43.8.